The lowest BCUT2D eigenvalue weighted by Gasteiger charge is -2.21. The molecule has 144 valence electrons. The Morgan fingerprint density at radius 1 is 1.22 bits per heavy atom. The van der Waals surface area contributed by atoms with E-state index in [0.717, 1.165) is 23.4 Å². The number of carbonyl (C=O) groups excluding carboxylic acids is 2. The van der Waals surface area contributed by atoms with Crippen LogP contribution in [0.25, 0.3) is 0 Å². The summed E-state index contributed by atoms with van der Waals surface area (Å²) in [4.78, 5) is 24.8. The van der Waals surface area contributed by atoms with Crippen LogP contribution in [0.3, 0.4) is 0 Å². The van der Waals surface area contributed by atoms with Crippen molar-refractivity contribution >= 4 is 28.5 Å². The topological polar surface area (TPSA) is 93.2 Å². The van der Waals surface area contributed by atoms with Crippen LogP contribution in [0.5, 0.6) is 0 Å². The predicted octanol–water partition coefficient (Wildman–Crippen LogP) is 3.66. The number of anilines is 1. The predicted molar refractivity (Wildman–Crippen MR) is 104 cm³/mol. The van der Waals surface area contributed by atoms with Crippen LogP contribution in [0.15, 0.2) is 30.3 Å². The van der Waals surface area contributed by atoms with Crippen molar-refractivity contribution in [3.05, 3.63) is 40.9 Å². The van der Waals surface area contributed by atoms with E-state index in [1.54, 1.807) is 20.8 Å². The molecule has 0 spiro atoms. The Bertz CT molecular complexity index is 797. The normalized spacial score (nSPS) is 15.1. The van der Waals surface area contributed by atoms with Crippen LogP contribution >= 0.6 is 11.3 Å². The lowest BCUT2D eigenvalue weighted by atomic mass is 9.98. The zero-order valence-corrected chi connectivity index (χ0v) is 16.5. The molecule has 1 atom stereocenters. The van der Waals surface area contributed by atoms with E-state index in [1.807, 2.05) is 30.3 Å². The first-order valence-corrected chi connectivity index (χ1v) is 9.79. The summed E-state index contributed by atoms with van der Waals surface area (Å²) < 4.78 is 5.26. The molecule has 8 heteroatoms. The SMILES string of the molecule is CC(C)(C)OC(=O)NCC(C(=O)Nc1nnc(C2CC2)s1)c1ccccc1. The molecule has 27 heavy (non-hydrogen) atoms. The minimum atomic E-state index is -0.597. The highest BCUT2D eigenvalue weighted by Crippen LogP contribution is 2.42. The first-order valence-electron chi connectivity index (χ1n) is 8.98. The molecular formula is C19H24N4O3S. The van der Waals surface area contributed by atoms with E-state index in [-0.39, 0.29) is 12.5 Å². The van der Waals surface area contributed by atoms with E-state index in [2.05, 4.69) is 20.8 Å². The molecule has 1 aliphatic carbocycles. The number of rotatable bonds is 6. The van der Waals surface area contributed by atoms with Crippen LogP contribution in [-0.4, -0.2) is 34.3 Å². The van der Waals surface area contributed by atoms with E-state index >= 15 is 0 Å². The van der Waals surface area contributed by atoms with E-state index in [1.165, 1.54) is 11.3 Å². The maximum atomic E-state index is 12.8. The van der Waals surface area contributed by atoms with Crippen molar-refractivity contribution in [3.63, 3.8) is 0 Å². The lowest BCUT2D eigenvalue weighted by Crippen LogP contribution is -2.37. The van der Waals surface area contributed by atoms with E-state index in [0.29, 0.717) is 11.0 Å². The smallest absolute Gasteiger partial charge is 0.407 e. The monoisotopic (exact) mass is 388 g/mol. The van der Waals surface area contributed by atoms with Gasteiger partial charge in [-0.05, 0) is 39.2 Å². The Kier molecular flexibility index (Phi) is 5.74. The number of nitrogens with zero attached hydrogens (tertiary/aromatic N) is 2. The summed E-state index contributed by atoms with van der Waals surface area (Å²) in [6.07, 6.45) is 1.72. The van der Waals surface area contributed by atoms with Gasteiger partial charge in [-0.15, -0.1) is 10.2 Å². The number of nitrogens with one attached hydrogen (secondary N) is 2. The van der Waals surface area contributed by atoms with Gasteiger partial charge in [0.25, 0.3) is 0 Å². The van der Waals surface area contributed by atoms with Gasteiger partial charge in [-0.25, -0.2) is 4.79 Å². The van der Waals surface area contributed by atoms with Crippen molar-refractivity contribution < 1.29 is 14.3 Å². The molecule has 1 heterocycles. The van der Waals surface area contributed by atoms with Crippen LogP contribution in [-0.2, 0) is 9.53 Å². The van der Waals surface area contributed by atoms with Crippen molar-refractivity contribution in [2.24, 2.45) is 0 Å². The fraction of sp³-hybridized carbons (Fsp3) is 0.474. The molecule has 1 saturated carbocycles. The molecule has 0 saturated heterocycles. The molecule has 1 fully saturated rings. The largest absolute Gasteiger partial charge is 0.444 e. The second-order valence-corrected chi connectivity index (χ2v) is 8.56. The Morgan fingerprint density at radius 2 is 1.93 bits per heavy atom. The average molecular weight is 388 g/mol. The number of carbonyl (C=O) groups is 2. The fourth-order valence-corrected chi connectivity index (χ4v) is 3.44. The molecule has 2 aromatic rings. The van der Waals surface area contributed by atoms with Crippen LogP contribution < -0.4 is 10.6 Å². The Labute approximate surface area is 162 Å². The second kappa shape index (κ2) is 8.04. The van der Waals surface area contributed by atoms with Crippen molar-refractivity contribution in [3.8, 4) is 0 Å². The number of hydrogen-bond donors (Lipinski definition) is 2. The zero-order chi connectivity index (χ0) is 19.4. The first kappa shape index (κ1) is 19.3. The molecule has 0 aliphatic heterocycles. The fourth-order valence-electron chi connectivity index (χ4n) is 2.52. The van der Waals surface area contributed by atoms with Crippen molar-refractivity contribution in [1.29, 1.82) is 0 Å². The number of hydrogen-bond acceptors (Lipinski definition) is 6. The summed E-state index contributed by atoms with van der Waals surface area (Å²) in [6.45, 7) is 5.50. The quantitative estimate of drug-likeness (QED) is 0.788. The maximum absolute atomic E-state index is 12.8. The lowest BCUT2D eigenvalue weighted by molar-refractivity contribution is -0.117. The second-order valence-electron chi connectivity index (χ2n) is 7.56. The molecular weight excluding hydrogens is 364 g/mol. The summed E-state index contributed by atoms with van der Waals surface area (Å²) in [7, 11) is 0. The Morgan fingerprint density at radius 3 is 2.56 bits per heavy atom. The Hall–Kier alpha value is -2.48. The number of alkyl carbamates (subject to hydrolysis) is 1. The summed E-state index contributed by atoms with van der Waals surface area (Å²) in [5.41, 5.74) is 0.207. The molecule has 3 rings (SSSR count). The average Bonchev–Trinajstić information content (AvgIpc) is 3.34. The van der Waals surface area contributed by atoms with Gasteiger partial charge in [-0.2, -0.15) is 0 Å². The summed E-state index contributed by atoms with van der Waals surface area (Å²) in [6, 6.07) is 9.32. The Balaban J connectivity index is 1.67. The van der Waals surface area contributed by atoms with Gasteiger partial charge in [0.05, 0.1) is 5.92 Å². The van der Waals surface area contributed by atoms with Crippen LogP contribution in [0.2, 0.25) is 0 Å². The van der Waals surface area contributed by atoms with Gasteiger partial charge in [-0.1, -0.05) is 41.7 Å². The third kappa shape index (κ3) is 5.75. The zero-order valence-electron chi connectivity index (χ0n) is 15.7. The van der Waals surface area contributed by atoms with Gasteiger partial charge in [0.15, 0.2) is 0 Å². The highest BCUT2D eigenvalue weighted by molar-refractivity contribution is 7.15. The van der Waals surface area contributed by atoms with Crippen molar-refractivity contribution in [2.75, 3.05) is 11.9 Å². The molecule has 2 amide bonds. The van der Waals surface area contributed by atoms with Gasteiger partial charge in [0.1, 0.15) is 10.6 Å². The number of aromatic nitrogens is 2. The standard InChI is InChI=1S/C19H24N4O3S/c1-19(2,3)26-18(25)20-11-14(12-7-5-4-6-8-12)15(24)21-17-23-22-16(27-17)13-9-10-13/h4-8,13-14H,9-11H2,1-3H3,(H,20,25)(H,21,23,24). The van der Waals surface area contributed by atoms with Gasteiger partial charge in [0.2, 0.25) is 11.0 Å². The summed E-state index contributed by atoms with van der Waals surface area (Å²) in [5, 5.41) is 15.2. The van der Waals surface area contributed by atoms with E-state index in [9.17, 15) is 9.59 Å². The van der Waals surface area contributed by atoms with Crippen LogP contribution in [0.4, 0.5) is 9.93 Å². The van der Waals surface area contributed by atoms with Crippen LogP contribution in [0, 0.1) is 0 Å². The van der Waals surface area contributed by atoms with Crippen LogP contribution in [0.1, 0.15) is 56.0 Å². The van der Waals surface area contributed by atoms with E-state index < -0.39 is 17.6 Å². The molecule has 0 radical (unpaired) electrons. The van der Waals surface area contributed by atoms with Crippen molar-refractivity contribution in [1.82, 2.24) is 15.5 Å². The van der Waals surface area contributed by atoms with Gasteiger partial charge >= 0.3 is 6.09 Å². The molecule has 1 unspecified atom stereocenters. The molecule has 1 aromatic heterocycles. The van der Waals surface area contributed by atoms with E-state index in [4.69, 9.17) is 4.74 Å². The third-order valence-corrected chi connectivity index (χ3v) is 4.97. The molecule has 1 aromatic carbocycles. The van der Waals surface area contributed by atoms with Crippen molar-refractivity contribution in [2.45, 2.75) is 51.0 Å². The number of amides is 2. The molecule has 7 nitrogen and oxygen atoms in total. The molecule has 1 aliphatic rings. The highest BCUT2D eigenvalue weighted by Gasteiger charge is 2.29. The van der Waals surface area contributed by atoms with Gasteiger partial charge in [0, 0.05) is 12.5 Å². The minimum absolute atomic E-state index is 0.124. The summed E-state index contributed by atoms with van der Waals surface area (Å²) in [5.74, 6) is -0.311. The number of ether oxygens (including phenoxy) is 1. The molecule has 0 bridgehead atoms. The highest BCUT2D eigenvalue weighted by atomic mass is 32.1. The first-order chi connectivity index (χ1) is 12.8. The maximum Gasteiger partial charge on any atom is 0.407 e. The summed E-state index contributed by atoms with van der Waals surface area (Å²) >= 11 is 1.41. The third-order valence-electron chi connectivity index (χ3n) is 3.97. The number of benzene rings is 1. The molecule has 2 N–H and O–H groups in total. The van der Waals surface area contributed by atoms with Gasteiger partial charge < -0.3 is 10.1 Å². The minimum Gasteiger partial charge on any atom is -0.444 e. The van der Waals surface area contributed by atoms with Gasteiger partial charge in [-0.3, -0.25) is 10.1 Å².